The van der Waals surface area contributed by atoms with E-state index in [1.54, 1.807) is 0 Å². The van der Waals surface area contributed by atoms with Gasteiger partial charge in [-0.25, -0.2) is 0 Å². The number of nitrogens with one attached hydrogen (secondary N) is 1. The lowest BCUT2D eigenvalue weighted by Gasteiger charge is -2.22. The van der Waals surface area contributed by atoms with Gasteiger partial charge in [0.1, 0.15) is 0 Å². The zero-order valence-corrected chi connectivity index (χ0v) is 7.06. The zero-order valence-electron chi connectivity index (χ0n) is 7.06. The summed E-state index contributed by atoms with van der Waals surface area (Å²) in [6.07, 6.45) is 6.05. The SMILES string of the molecule is CC(C)[NH+]1C2CCC1CC2. The summed E-state index contributed by atoms with van der Waals surface area (Å²) >= 11 is 0. The van der Waals surface area contributed by atoms with Gasteiger partial charge >= 0.3 is 0 Å². The van der Waals surface area contributed by atoms with E-state index in [0.29, 0.717) is 0 Å². The van der Waals surface area contributed by atoms with Crippen molar-refractivity contribution in [1.82, 2.24) is 0 Å². The van der Waals surface area contributed by atoms with Crippen LogP contribution in [0.25, 0.3) is 0 Å². The van der Waals surface area contributed by atoms with Gasteiger partial charge in [0.15, 0.2) is 0 Å². The Morgan fingerprint density at radius 3 is 1.60 bits per heavy atom. The quantitative estimate of drug-likeness (QED) is 0.544. The number of hydrogen-bond acceptors (Lipinski definition) is 0. The van der Waals surface area contributed by atoms with Crippen LogP contribution < -0.4 is 4.90 Å². The van der Waals surface area contributed by atoms with Crippen molar-refractivity contribution in [2.24, 2.45) is 0 Å². The predicted octanol–water partition coefficient (Wildman–Crippen LogP) is 0.604. The molecule has 2 rings (SSSR count). The van der Waals surface area contributed by atoms with Gasteiger partial charge in [-0.05, 0) is 13.8 Å². The van der Waals surface area contributed by atoms with Crippen LogP contribution >= 0.6 is 0 Å². The largest absolute Gasteiger partial charge is 0.328 e. The third-order valence-corrected chi connectivity index (χ3v) is 3.34. The standard InChI is InChI=1S/C9H17N/c1-7(2)10-8-3-4-9(10)6-5-8/h7-9H,3-6H2,1-2H3/p+1. The van der Waals surface area contributed by atoms with Crippen LogP contribution in [-0.2, 0) is 0 Å². The second kappa shape index (κ2) is 2.23. The molecule has 1 nitrogen and oxygen atoms in total. The van der Waals surface area contributed by atoms with Gasteiger partial charge in [0.2, 0.25) is 0 Å². The van der Waals surface area contributed by atoms with Crippen molar-refractivity contribution in [3.05, 3.63) is 0 Å². The summed E-state index contributed by atoms with van der Waals surface area (Å²) in [4.78, 5) is 1.92. The van der Waals surface area contributed by atoms with Gasteiger partial charge in [0.05, 0.1) is 18.1 Å². The van der Waals surface area contributed by atoms with Gasteiger partial charge in [0, 0.05) is 25.7 Å². The van der Waals surface area contributed by atoms with E-state index in [-0.39, 0.29) is 0 Å². The zero-order chi connectivity index (χ0) is 7.14. The minimum Gasteiger partial charge on any atom is -0.328 e. The smallest absolute Gasteiger partial charge is 0.0883 e. The molecule has 2 saturated heterocycles. The van der Waals surface area contributed by atoms with Crippen LogP contribution in [0, 0.1) is 0 Å². The third kappa shape index (κ3) is 0.800. The third-order valence-electron chi connectivity index (χ3n) is 3.34. The second-order valence-electron chi connectivity index (χ2n) is 4.20. The number of quaternary nitrogens is 1. The molecule has 2 aliphatic heterocycles. The van der Waals surface area contributed by atoms with Crippen molar-refractivity contribution in [1.29, 1.82) is 0 Å². The van der Waals surface area contributed by atoms with Crippen molar-refractivity contribution >= 4 is 0 Å². The molecule has 1 heteroatoms. The molecule has 0 amide bonds. The molecule has 0 unspecified atom stereocenters. The Kier molecular flexibility index (Phi) is 1.48. The molecule has 0 aliphatic carbocycles. The molecule has 2 fully saturated rings. The lowest BCUT2D eigenvalue weighted by molar-refractivity contribution is -0.943. The van der Waals surface area contributed by atoms with E-state index >= 15 is 0 Å². The topological polar surface area (TPSA) is 4.44 Å². The highest BCUT2D eigenvalue weighted by atomic mass is 15.2. The van der Waals surface area contributed by atoms with E-state index in [0.717, 1.165) is 18.1 Å². The van der Waals surface area contributed by atoms with E-state index in [1.807, 2.05) is 4.90 Å². The van der Waals surface area contributed by atoms with Crippen molar-refractivity contribution in [2.45, 2.75) is 57.7 Å². The van der Waals surface area contributed by atoms with E-state index in [2.05, 4.69) is 13.8 Å². The van der Waals surface area contributed by atoms with Crippen LogP contribution in [0.15, 0.2) is 0 Å². The van der Waals surface area contributed by atoms with Crippen molar-refractivity contribution in [2.75, 3.05) is 0 Å². The Bertz CT molecular complexity index is 111. The van der Waals surface area contributed by atoms with E-state index < -0.39 is 0 Å². The van der Waals surface area contributed by atoms with Gasteiger partial charge in [-0.15, -0.1) is 0 Å². The van der Waals surface area contributed by atoms with Crippen molar-refractivity contribution in [3.63, 3.8) is 0 Å². The van der Waals surface area contributed by atoms with Gasteiger partial charge < -0.3 is 4.90 Å². The van der Waals surface area contributed by atoms with Crippen molar-refractivity contribution < 1.29 is 4.90 Å². The van der Waals surface area contributed by atoms with Crippen LogP contribution in [0.2, 0.25) is 0 Å². The maximum absolute atomic E-state index is 2.37. The van der Waals surface area contributed by atoms with Crippen molar-refractivity contribution in [3.8, 4) is 0 Å². The minimum atomic E-state index is 0.875. The molecule has 2 heterocycles. The first kappa shape index (κ1) is 6.66. The fourth-order valence-electron chi connectivity index (χ4n) is 3.04. The molecule has 58 valence electrons. The Balaban J connectivity index is 2.09. The average molecular weight is 140 g/mol. The van der Waals surface area contributed by atoms with Crippen LogP contribution in [0.1, 0.15) is 39.5 Å². The highest BCUT2D eigenvalue weighted by molar-refractivity contribution is 4.80. The Morgan fingerprint density at radius 2 is 1.40 bits per heavy atom. The molecule has 0 aromatic heterocycles. The van der Waals surface area contributed by atoms with Gasteiger partial charge in [-0.3, -0.25) is 0 Å². The molecular weight excluding hydrogens is 122 g/mol. The Morgan fingerprint density at radius 1 is 1.00 bits per heavy atom. The summed E-state index contributed by atoms with van der Waals surface area (Å²) < 4.78 is 0. The fraction of sp³-hybridized carbons (Fsp3) is 1.00. The lowest BCUT2D eigenvalue weighted by Crippen LogP contribution is -3.17. The molecule has 2 bridgehead atoms. The highest BCUT2D eigenvalue weighted by Gasteiger charge is 2.44. The molecular formula is C9H18N+. The minimum absolute atomic E-state index is 0.875. The summed E-state index contributed by atoms with van der Waals surface area (Å²) in [5.74, 6) is 0. The first-order valence-corrected chi connectivity index (χ1v) is 4.65. The monoisotopic (exact) mass is 140 g/mol. The number of hydrogen-bond donors (Lipinski definition) is 1. The Labute approximate surface area is 63.4 Å². The number of rotatable bonds is 1. The van der Waals surface area contributed by atoms with Gasteiger partial charge in [-0.1, -0.05) is 0 Å². The van der Waals surface area contributed by atoms with Crippen LogP contribution in [0.5, 0.6) is 0 Å². The van der Waals surface area contributed by atoms with E-state index in [1.165, 1.54) is 25.7 Å². The number of fused-ring (bicyclic) bond motifs is 2. The fourth-order valence-corrected chi connectivity index (χ4v) is 3.04. The second-order valence-corrected chi connectivity index (χ2v) is 4.20. The summed E-state index contributed by atoms with van der Waals surface area (Å²) in [6.45, 7) is 4.73. The molecule has 0 saturated carbocycles. The van der Waals surface area contributed by atoms with Crippen LogP contribution in [-0.4, -0.2) is 18.1 Å². The normalized spacial score (nSPS) is 45.3. The summed E-state index contributed by atoms with van der Waals surface area (Å²) in [5.41, 5.74) is 0. The summed E-state index contributed by atoms with van der Waals surface area (Å²) in [7, 11) is 0. The Hall–Kier alpha value is -0.0400. The lowest BCUT2D eigenvalue weighted by atomic mass is 10.0. The molecule has 0 aromatic rings. The molecule has 1 N–H and O–H groups in total. The van der Waals surface area contributed by atoms with Crippen LogP contribution in [0.4, 0.5) is 0 Å². The first-order valence-electron chi connectivity index (χ1n) is 4.65. The predicted molar refractivity (Wildman–Crippen MR) is 42.1 cm³/mol. The molecule has 0 atom stereocenters. The highest BCUT2D eigenvalue weighted by Crippen LogP contribution is 2.23. The average Bonchev–Trinajstić information content (AvgIpc) is 2.43. The molecule has 10 heavy (non-hydrogen) atoms. The molecule has 0 radical (unpaired) electrons. The van der Waals surface area contributed by atoms with Gasteiger partial charge in [0.25, 0.3) is 0 Å². The summed E-state index contributed by atoms with van der Waals surface area (Å²) in [6, 6.07) is 2.97. The first-order chi connectivity index (χ1) is 4.79. The van der Waals surface area contributed by atoms with Crippen LogP contribution in [0.3, 0.4) is 0 Å². The maximum Gasteiger partial charge on any atom is 0.0883 e. The van der Waals surface area contributed by atoms with E-state index in [9.17, 15) is 0 Å². The molecule has 0 spiro atoms. The maximum atomic E-state index is 2.37. The molecule has 2 aliphatic rings. The van der Waals surface area contributed by atoms with Gasteiger partial charge in [-0.2, -0.15) is 0 Å². The molecule has 0 aromatic carbocycles. The summed E-state index contributed by atoms with van der Waals surface area (Å²) in [5, 5.41) is 0. The van der Waals surface area contributed by atoms with E-state index in [4.69, 9.17) is 0 Å².